The van der Waals surface area contributed by atoms with E-state index in [0.717, 1.165) is 43.5 Å². The zero-order valence-electron chi connectivity index (χ0n) is 22.0. The second-order valence-electron chi connectivity index (χ2n) is 9.64. The van der Waals surface area contributed by atoms with Crippen LogP contribution in [0.5, 0.6) is 11.5 Å². The van der Waals surface area contributed by atoms with Crippen molar-refractivity contribution in [1.82, 2.24) is 25.1 Å². The number of ether oxygens (including phenoxy) is 2. The first-order valence-electron chi connectivity index (χ1n) is 13.1. The average Bonchev–Trinajstić information content (AvgIpc) is 3.39. The SMILES string of the molecule is CCCCC1CC(C(N)=O)CCN1C(c1cccc(OC)c1OC)c1nnnn1CCc1ccccc1. The van der Waals surface area contributed by atoms with Crippen LogP contribution in [0.4, 0.5) is 0 Å². The molecule has 9 heteroatoms. The van der Waals surface area contributed by atoms with Gasteiger partial charge in [-0.15, -0.1) is 5.10 Å². The maximum absolute atomic E-state index is 12.1. The molecule has 2 aromatic carbocycles. The Bertz CT molecular complexity index is 1150. The summed E-state index contributed by atoms with van der Waals surface area (Å²) in [4.78, 5) is 14.6. The third-order valence-electron chi connectivity index (χ3n) is 7.37. The second kappa shape index (κ2) is 12.7. The molecule has 3 atom stereocenters. The standard InChI is InChI=1S/C28H38N6O3/c1-4-5-12-22-19-21(27(29)35)16-17-33(22)25(23-13-9-14-24(36-2)26(23)37-3)28-30-31-32-34(28)18-15-20-10-7-6-8-11-20/h6-11,13-14,21-22,25H,4-5,12,15-19H2,1-3H3,(H2,29,35). The highest BCUT2D eigenvalue weighted by atomic mass is 16.5. The van der Waals surface area contributed by atoms with Crippen molar-refractivity contribution in [2.45, 2.75) is 64.1 Å². The number of nitrogens with two attached hydrogens (primary N) is 1. The van der Waals surface area contributed by atoms with Gasteiger partial charge in [0.15, 0.2) is 17.3 Å². The molecule has 0 aliphatic carbocycles. The number of piperidine rings is 1. The number of rotatable bonds is 12. The molecule has 1 aliphatic rings. The molecule has 0 bridgehead atoms. The number of amides is 1. The summed E-state index contributed by atoms with van der Waals surface area (Å²) in [6.45, 7) is 3.54. The lowest BCUT2D eigenvalue weighted by Gasteiger charge is -2.43. The van der Waals surface area contributed by atoms with Crippen molar-refractivity contribution >= 4 is 5.91 Å². The Morgan fingerprint density at radius 3 is 2.65 bits per heavy atom. The largest absolute Gasteiger partial charge is 0.493 e. The molecule has 2 heterocycles. The quantitative estimate of drug-likeness (QED) is 0.398. The Morgan fingerprint density at radius 2 is 1.95 bits per heavy atom. The van der Waals surface area contributed by atoms with Crippen LogP contribution in [0.25, 0.3) is 0 Å². The van der Waals surface area contributed by atoms with E-state index in [4.69, 9.17) is 15.2 Å². The third kappa shape index (κ3) is 6.10. The zero-order chi connectivity index (χ0) is 26.2. The molecule has 9 nitrogen and oxygen atoms in total. The van der Waals surface area contributed by atoms with Crippen LogP contribution in [0.3, 0.4) is 0 Å². The van der Waals surface area contributed by atoms with Gasteiger partial charge in [0.1, 0.15) is 6.04 Å². The Hall–Kier alpha value is -3.46. The van der Waals surface area contributed by atoms with E-state index in [2.05, 4.69) is 45.5 Å². The van der Waals surface area contributed by atoms with Gasteiger partial charge in [0.05, 0.1) is 14.2 Å². The Labute approximate surface area is 218 Å². The van der Waals surface area contributed by atoms with Crippen LogP contribution in [0, 0.1) is 5.92 Å². The van der Waals surface area contributed by atoms with Crippen molar-refractivity contribution in [2.24, 2.45) is 11.7 Å². The van der Waals surface area contributed by atoms with Gasteiger partial charge in [0, 0.05) is 30.6 Å². The number of carbonyl (C=O) groups excluding carboxylic acids is 1. The summed E-state index contributed by atoms with van der Waals surface area (Å²) in [6, 6.07) is 16.1. The van der Waals surface area contributed by atoms with Crippen molar-refractivity contribution in [3.8, 4) is 11.5 Å². The predicted octanol–water partition coefficient (Wildman–Crippen LogP) is 3.78. The van der Waals surface area contributed by atoms with Crippen LogP contribution in [0.1, 0.15) is 62.0 Å². The third-order valence-corrected chi connectivity index (χ3v) is 7.37. The number of para-hydroxylation sites is 1. The Morgan fingerprint density at radius 1 is 1.14 bits per heavy atom. The lowest BCUT2D eigenvalue weighted by atomic mass is 9.85. The number of aryl methyl sites for hydroxylation is 2. The second-order valence-corrected chi connectivity index (χ2v) is 9.64. The maximum Gasteiger partial charge on any atom is 0.220 e. The first-order chi connectivity index (χ1) is 18.1. The monoisotopic (exact) mass is 506 g/mol. The molecule has 1 aliphatic heterocycles. The molecule has 1 amide bonds. The lowest BCUT2D eigenvalue weighted by Crippen LogP contribution is -2.48. The molecule has 2 N–H and O–H groups in total. The minimum Gasteiger partial charge on any atom is -0.493 e. The van der Waals surface area contributed by atoms with Crippen LogP contribution in [-0.4, -0.2) is 57.8 Å². The van der Waals surface area contributed by atoms with Crippen LogP contribution < -0.4 is 15.2 Å². The average molecular weight is 507 g/mol. The fourth-order valence-electron chi connectivity index (χ4n) is 5.43. The van der Waals surface area contributed by atoms with Gasteiger partial charge in [-0.05, 0) is 47.7 Å². The number of primary amides is 1. The highest BCUT2D eigenvalue weighted by Crippen LogP contribution is 2.43. The van der Waals surface area contributed by atoms with Crippen LogP contribution in [0.2, 0.25) is 0 Å². The number of hydrogen-bond acceptors (Lipinski definition) is 7. The van der Waals surface area contributed by atoms with Crippen molar-refractivity contribution in [3.05, 3.63) is 65.5 Å². The molecule has 0 spiro atoms. The van der Waals surface area contributed by atoms with Gasteiger partial charge in [0.2, 0.25) is 5.91 Å². The normalized spacial score (nSPS) is 18.9. The molecule has 0 radical (unpaired) electrons. The van der Waals surface area contributed by atoms with Crippen LogP contribution >= 0.6 is 0 Å². The van der Waals surface area contributed by atoms with E-state index in [9.17, 15) is 4.79 Å². The number of aromatic nitrogens is 4. The summed E-state index contributed by atoms with van der Waals surface area (Å²) in [5, 5.41) is 13.0. The van der Waals surface area contributed by atoms with Gasteiger partial charge in [0.25, 0.3) is 0 Å². The van der Waals surface area contributed by atoms with Crippen molar-refractivity contribution in [2.75, 3.05) is 20.8 Å². The van der Waals surface area contributed by atoms with Gasteiger partial charge in [-0.2, -0.15) is 0 Å². The molecular formula is C28H38N6O3. The number of nitrogens with zero attached hydrogens (tertiary/aromatic N) is 5. The summed E-state index contributed by atoms with van der Waals surface area (Å²) in [7, 11) is 3.30. The predicted molar refractivity (Wildman–Crippen MR) is 141 cm³/mol. The minimum atomic E-state index is -0.272. The lowest BCUT2D eigenvalue weighted by molar-refractivity contribution is -0.124. The van der Waals surface area contributed by atoms with Gasteiger partial charge in [-0.3, -0.25) is 9.69 Å². The van der Waals surface area contributed by atoms with E-state index in [0.29, 0.717) is 31.0 Å². The van der Waals surface area contributed by atoms with Crippen LogP contribution in [-0.2, 0) is 17.8 Å². The number of tetrazole rings is 1. The van der Waals surface area contributed by atoms with E-state index in [1.54, 1.807) is 14.2 Å². The zero-order valence-corrected chi connectivity index (χ0v) is 22.0. The van der Waals surface area contributed by atoms with Crippen LogP contribution in [0.15, 0.2) is 48.5 Å². The molecule has 1 saturated heterocycles. The minimum absolute atomic E-state index is 0.125. The maximum atomic E-state index is 12.1. The van der Waals surface area contributed by atoms with Gasteiger partial charge in [-0.25, -0.2) is 4.68 Å². The summed E-state index contributed by atoms with van der Waals surface area (Å²) < 4.78 is 13.4. The molecule has 1 fully saturated rings. The summed E-state index contributed by atoms with van der Waals surface area (Å²) in [6.07, 6.45) is 5.34. The number of benzene rings is 2. The molecular weight excluding hydrogens is 468 g/mol. The van der Waals surface area contributed by atoms with Crippen molar-refractivity contribution < 1.29 is 14.3 Å². The molecule has 37 heavy (non-hydrogen) atoms. The highest BCUT2D eigenvalue weighted by molar-refractivity contribution is 5.76. The number of likely N-dealkylation sites (tertiary alicyclic amines) is 1. The van der Waals surface area contributed by atoms with E-state index >= 15 is 0 Å². The topological polar surface area (TPSA) is 108 Å². The van der Waals surface area contributed by atoms with E-state index in [1.807, 2.05) is 35.0 Å². The number of hydrogen-bond donors (Lipinski definition) is 1. The summed E-state index contributed by atoms with van der Waals surface area (Å²) in [5.41, 5.74) is 7.92. The number of methoxy groups -OCH3 is 2. The smallest absolute Gasteiger partial charge is 0.220 e. The first-order valence-corrected chi connectivity index (χ1v) is 13.1. The van der Waals surface area contributed by atoms with Gasteiger partial charge < -0.3 is 15.2 Å². The molecule has 4 rings (SSSR count). The Kier molecular flexibility index (Phi) is 9.11. The number of carbonyl (C=O) groups is 1. The van der Waals surface area contributed by atoms with E-state index < -0.39 is 0 Å². The van der Waals surface area contributed by atoms with E-state index in [-0.39, 0.29) is 23.9 Å². The van der Waals surface area contributed by atoms with Gasteiger partial charge in [-0.1, -0.05) is 62.2 Å². The molecule has 3 aromatic rings. The summed E-state index contributed by atoms with van der Waals surface area (Å²) >= 11 is 0. The van der Waals surface area contributed by atoms with Crippen molar-refractivity contribution in [3.63, 3.8) is 0 Å². The van der Waals surface area contributed by atoms with E-state index in [1.165, 1.54) is 5.56 Å². The fourth-order valence-corrected chi connectivity index (χ4v) is 5.43. The summed E-state index contributed by atoms with van der Waals surface area (Å²) in [5.74, 6) is 1.73. The number of unbranched alkanes of at least 4 members (excludes halogenated alkanes) is 1. The Balaban J connectivity index is 1.76. The van der Waals surface area contributed by atoms with Gasteiger partial charge >= 0.3 is 0 Å². The van der Waals surface area contributed by atoms with Crippen molar-refractivity contribution in [1.29, 1.82) is 0 Å². The molecule has 198 valence electrons. The first kappa shape index (κ1) is 26.6. The fraction of sp³-hybridized carbons (Fsp3) is 0.500. The molecule has 0 saturated carbocycles. The molecule has 3 unspecified atom stereocenters. The molecule has 1 aromatic heterocycles. The highest BCUT2D eigenvalue weighted by Gasteiger charge is 2.39.